The van der Waals surface area contributed by atoms with Crippen LogP contribution in [-0.2, 0) is 10.2 Å². The van der Waals surface area contributed by atoms with E-state index in [0.717, 1.165) is 10.8 Å². The zero-order valence-electron chi connectivity index (χ0n) is 11.0. The Kier molecular flexibility index (Phi) is 4.85. The molecule has 0 atom stereocenters. The molecule has 8 heteroatoms. The van der Waals surface area contributed by atoms with Crippen molar-refractivity contribution >= 4 is 21.8 Å². The van der Waals surface area contributed by atoms with Crippen LogP contribution in [0.25, 0.3) is 0 Å². The van der Waals surface area contributed by atoms with Crippen LogP contribution in [0.1, 0.15) is 13.8 Å². The lowest BCUT2D eigenvalue weighted by molar-refractivity contribution is 0.526. The summed E-state index contributed by atoms with van der Waals surface area (Å²) in [6.07, 6.45) is 0. The van der Waals surface area contributed by atoms with E-state index < -0.39 is 10.2 Å². The van der Waals surface area contributed by atoms with Gasteiger partial charge in [0.05, 0.1) is 0 Å². The highest BCUT2D eigenvalue weighted by atomic mass is 32.2. The van der Waals surface area contributed by atoms with Crippen molar-refractivity contribution in [1.29, 1.82) is 0 Å². The maximum atomic E-state index is 11.5. The minimum Gasteiger partial charge on any atom is -0.368 e. The van der Waals surface area contributed by atoms with Gasteiger partial charge < -0.3 is 5.32 Å². The summed E-state index contributed by atoms with van der Waals surface area (Å²) in [7, 11) is -0.652. The zero-order valence-corrected chi connectivity index (χ0v) is 11.8. The van der Waals surface area contributed by atoms with Gasteiger partial charge in [0, 0.05) is 20.6 Å². The van der Waals surface area contributed by atoms with Crippen LogP contribution in [0.3, 0.4) is 0 Å². The largest absolute Gasteiger partial charge is 0.368 e. The summed E-state index contributed by atoms with van der Waals surface area (Å²) in [5, 5.41) is 10.8. The first-order chi connectivity index (χ1) is 8.31. The minimum atomic E-state index is -3.53. The summed E-state index contributed by atoms with van der Waals surface area (Å²) in [5.41, 5.74) is 0. The molecule has 0 aliphatic heterocycles. The van der Waals surface area contributed by atoms with Crippen molar-refractivity contribution in [3.8, 4) is 0 Å². The molecule has 2 N–H and O–H groups in total. The second-order valence-corrected chi connectivity index (χ2v) is 6.35. The third-order valence-corrected chi connectivity index (χ3v) is 3.50. The molecule has 0 aromatic carbocycles. The van der Waals surface area contributed by atoms with E-state index in [0.29, 0.717) is 11.7 Å². The Labute approximate surface area is 108 Å². The van der Waals surface area contributed by atoms with Gasteiger partial charge in [0.15, 0.2) is 5.82 Å². The molecule has 1 aromatic rings. The van der Waals surface area contributed by atoms with E-state index in [4.69, 9.17) is 0 Å². The van der Waals surface area contributed by atoms with E-state index in [1.54, 1.807) is 12.1 Å². The van der Waals surface area contributed by atoms with Crippen LogP contribution < -0.4 is 10.0 Å². The van der Waals surface area contributed by atoms with Crippen molar-refractivity contribution in [3.05, 3.63) is 12.1 Å². The molecule has 0 aliphatic carbocycles. The average Bonchev–Trinajstić information content (AvgIpc) is 2.27. The normalized spacial score (nSPS) is 11.9. The van der Waals surface area contributed by atoms with E-state index >= 15 is 0 Å². The highest BCUT2D eigenvalue weighted by Crippen LogP contribution is 2.09. The Morgan fingerprint density at radius 2 is 1.78 bits per heavy atom. The van der Waals surface area contributed by atoms with Crippen molar-refractivity contribution < 1.29 is 8.42 Å². The second kappa shape index (κ2) is 5.96. The molecule has 1 heterocycles. The highest BCUT2D eigenvalue weighted by molar-refractivity contribution is 7.90. The molecule has 102 valence electrons. The standard InChI is InChI=1S/C10H19N5O2S/c1-8(2)7-11-9-5-6-10(13-12-9)14-18(16,17)15(3)4/h5-6,8H,7H2,1-4H3,(H,11,12)(H,13,14). The molecular formula is C10H19N5O2S. The molecule has 0 fully saturated rings. The molecule has 1 aromatic heterocycles. The van der Waals surface area contributed by atoms with E-state index in [1.165, 1.54) is 14.1 Å². The van der Waals surface area contributed by atoms with Gasteiger partial charge in [0.25, 0.3) is 0 Å². The summed E-state index contributed by atoms with van der Waals surface area (Å²) in [6, 6.07) is 3.25. The summed E-state index contributed by atoms with van der Waals surface area (Å²) in [4.78, 5) is 0. The van der Waals surface area contributed by atoms with Crippen LogP contribution in [0, 0.1) is 5.92 Å². The van der Waals surface area contributed by atoms with E-state index in [2.05, 4.69) is 34.1 Å². The van der Waals surface area contributed by atoms with Crippen molar-refractivity contribution in [1.82, 2.24) is 14.5 Å². The molecule has 0 unspecified atom stereocenters. The van der Waals surface area contributed by atoms with Crippen molar-refractivity contribution in [3.63, 3.8) is 0 Å². The summed E-state index contributed by atoms with van der Waals surface area (Å²) < 4.78 is 26.4. The summed E-state index contributed by atoms with van der Waals surface area (Å²) >= 11 is 0. The fourth-order valence-electron chi connectivity index (χ4n) is 1.01. The lowest BCUT2D eigenvalue weighted by Gasteiger charge is -2.12. The molecule has 7 nitrogen and oxygen atoms in total. The fraction of sp³-hybridized carbons (Fsp3) is 0.600. The predicted molar refractivity (Wildman–Crippen MR) is 71.6 cm³/mol. The number of aromatic nitrogens is 2. The summed E-state index contributed by atoms with van der Waals surface area (Å²) in [6.45, 7) is 4.96. The molecule has 0 spiro atoms. The quantitative estimate of drug-likeness (QED) is 0.799. The monoisotopic (exact) mass is 273 g/mol. The molecule has 1 rings (SSSR count). The number of hydrogen-bond acceptors (Lipinski definition) is 5. The Balaban J connectivity index is 2.66. The molecular weight excluding hydrogens is 254 g/mol. The number of hydrogen-bond donors (Lipinski definition) is 2. The lowest BCUT2D eigenvalue weighted by Crippen LogP contribution is -2.29. The van der Waals surface area contributed by atoms with Gasteiger partial charge in [-0.1, -0.05) is 13.8 Å². The molecule has 0 bridgehead atoms. The molecule has 0 saturated heterocycles. The number of rotatable bonds is 6. The van der Waals surface area contributed by atoms with E-state index in [-0.39, 0.29) is 5.82 Å². The van der Waals surface area contributed by atoms with Crippen LogP contribution in [0.5, 0.6) is 0 Å². The second-order valence-electron chi connectivity index (χ2n) is 4.47. The minimum absolute atomic E-state index is 0.193. The van der Waals surface area contributed by atoms with Crippen LogP contribution in [0.15, 0.2) is 12.1 Å². The lowest BCUT2D eigenvalue weighted by atomic mass is 10.2. The maximum absolute atomic E-state index is 11.5. The van der Waals surface area contributed by atoms with Crippen molar-refractivity contribution in [2.24, 2.45) is 5.92 Å². The maximum Gasteiger partial charge on any atom is 0.302 e. The van der Waals surface area contributed by atoms with Gasteiger partial charge in [-0.3, -0.25) is 4.72 Å². The smallest absolute Gasteiger partial charge is 0.302 e. The van der Waals surface area contributed by atoms with Gasteiger partial charge in [-0.15, -0.1) is 10.2 Å². The molecule has 0 amide bonds. The Morgan fingerprint density at radius 3 is 2.22 bits per heavy atom. The summed E-state index contributed by atoms with van der Waals surface area (Å²) in [5.74, 6) is 1.31. The number of nitrogens with zero attached hydrogens (tertiary/aromatic N) is 3. The van der Waals surface area contributed by atoms with Crippen LogP contribution in [-0.4, -0.2) is 43.6 Å². The first kappa shape index (κ1) is 14.7. The van der Waals surface area contributed by atoms with Crippen LogP contribution in [0.4, 0.5) is 11.6 Å². The van der Waals surface area contributed by atoms with Crippen LogP contribution >= 0.6 is 0 Å². The molecule has 0 radical (unpaired) electrons. The zero-order chi connectivity index (χ0) is 13.8. The van der Waals surface area contributed by atoms with Gasteiger partial charge in [-0.05, 0) is 18.1 Å². The SMILES string of the molecule is CC(C)CNc1ccc(NS(=O)(=O)N(C)C)nn1. The number of anilines is 2. The van der Waals surface area contributed by atoms with Crippen molar-refractivity contribution in [2.75, 3.05) is 30.7 Å². The predicted octanol–water partition coefficient (Wildman–Crippen LogP) is 0.763. The third kappa shape index (κ3) is 4.46. The average molecular weight is 273 g/mol. The van der Waals surface area contributed by atoms with E-state index in [1.807, 2.05) is 0 Å². The van der Waals surface area contributed by atoms with E-state index in [9.17, 15) is 8.42 Å². The molecule has 0 saturated carbocycles. The van der Waals surface area contributed by atoms with Gasteiger partial charge >= 0.3 is 10.2 Å². The van der Waals surface area contributed by atoms with Gasteiger partial charge in [-0.25, -0.2) is 0 Å². The molecule has 0 aliphatic rings. The first-order valence-electron chi connectivity index (χ1n) is 5.59. The van der Waals surface area contributed by atoms with Crippen LogP contribution in [0.2, 0.25) is 0 Å². The number of nitrogens with one attached hydrogen (secondary N) is 2. The topological polar surface area (TPSA) is 87.2 Å². The Hall–Kier alpha value is -1.41. The van der Waals surface area contributed by atoms with Gasteiger partial charge in [-0.2, -0.15) is 12.7 Å². The van der Waals surface area contributed by atoms with Crippen molar-refractivity contribution in [2.45, 2.75) is 13.8 Å². The third-order valence-electron chi connectivity index (χ3n) is 2.07. The highest BCUT2D eigenvalue weighted by Gasteiger charge is 2.13. The molecule has 18 heavy (non-hydrogen) atoms. The Morgan fingerprint density at radius 1 is 1.22 bits per heavy atom. The van der Waals surface area contributed by atoms with Gasteiger partial charge in [0.2, 0.25) is 0 Å². The Bertz CT molecular complexity index is 470. The van der Waals surface area contributed by atoms with Gasteiger partial charge in [0.1, 0.15) is 5.82 Å². The first-order valence-corrected chi connectivity index (χ1v) is 7.03. The fourth-order valence-corrected chi connectivity index (χ4v) is 1.57.